The van der Waals surface area contributed by atoms with Crippen LogP contribution >= 0.6 is 0 Å². The molecule has 1 atom stereocenters. The van der Waals surface area contributed by atoms with Crippen LogP contribution in [0, 0.1) is 0 Å². The van der Waals surface area contributed by atoms with Crippen LogP contribution in [0.1, 0.15) is 13.2 Å². The van der Waals surface area contributed by atoms with Crippen molar-refractivity contribution in [1.82, 2.24) is 9.55 Å². The quantitative estimate of drug-likeness (QED) is 0.550. The van der Waals surface area contributed by atoms with Crippen molar-refractivity contribution in [3.05, 3.63) is 33.1 Å². The number of nitrogens with one attached hydrogen (secondary N) is 1. The van der Waals surface area contributed by atoms with Crippen molar-refractivity contribution in [3.63, 3.8) is 0 Å². The third-order valence-electron chi connectivity index (χ3n) is 1.25. The van der Waals surface area contributed by atoms with E-state index in [-0.39, 0.29) is 0 Å². The Morgan fingerprint density at radius 2 is 2.27 bits per heavy atom. The van der Waals surface area contributed by atoms with Crippen LogP contribution in [0.25, 0.3) is 0 Å². The zero-order chi connectivity index (χ0) is 8.43. The van der Waals surface area contributed by atoms with Crippen molar-refractivity contribution in [1.29, 1.82) is 0 Å². The van der Waals surface area contributed by atoms with Crippen molar-refractivity contribution >= 4 is 0 Å². The summed E-state index contributed by atoms with van der Waals surface area (Å²) in [5.74, 6) is 0. The van der Waals surface area contributed by atoms with Crippen molar-refractivity contribution in [2.45, 2.75) is 13.2 Å². The van der Waals surface area contributed by atoms with Crippen LogP contribution < -0.4 is 11.2 Å². The Kier molecular flexibility index (Phi) is 1.91. The molecule has 1 heterocycles. The van der Waals surface area contributed by atoms with Crippen LogP contribution in [0.15, 0.2) is 21.9 Å². The van der Waals surface area contributed by atoms with Crippen molar-refractivity contribution in [2.75, 3.05) is 0 Å². The molecule has 0 spiro atoms. The highest BCUT2D eigenvalue weighted by atomic mass is 16.3. The van der Waals surface area contributed by atoms with E-state index in [2.05, 4.69) is 0 Å². The molecule has 0 radical (unpaired) electrons. The van der Waals surface area contributed by atoms with Gasteiger partial charge in [0, 0.05) is 12.3 Å². The van der Waals surface area contributed by atoms with E-state index >= 15 is 0 Å². The predicted molar refractivity (Wildman–Crippen MR) is 38.3 cm³/mol. The number of nitrogens with zero attached hydrogens (tertiary/aromatic N) is 1. The second-order valence-corrected chi connectivity index (χ2v) is 2.15. The van der Waals surface area contributed by atoms with Gasteiger partial charge in [0.25, 0.3) is 5.56 Å². The Hall–Kier alpha value is -1.36. The number of H-pyrrole nitrogens is 1. The first-order chi connectivity index (χ1) is 5.11. The lowest BCUT2D eigenvalue weighted by atomic mass is 10.6. The molecule has 0 aliphatic carbocycles. The summed E-state index contributed by atoms with van der Waals surface area (Å²) in [4.78, 5) is 23.4. The minimum atomic E-state index is -0.917. The highest BCUT2D eigenvalue weighted by molar-refractivity contribution is 4.82. The van der Waals surface area contributed by atoms with Crippen LogP contribution in [-0.2, 0) is 0 Å². The predicted octanol–water partition coefficient (Wildman–Crippen LogP) is -0.953. The van der Waals surface area contributed by atoms with Gasteiger partial charge in [-0.2, -0.15) is 0 Å². The molecular weight excluding hydrogens is 148 g/mol. The molecule has 0 fully saturated rings. The Bertz CT molecular complexity index is 349. The van der Waals surface area contributed by atoms with E-state index in [9.17, 15) is 9.59 Å². The zero-order valence-corrected chi connectivity index (χ0v) is 5.94. The summed E-state index contributed by atoms with van der Waals surface area (Å²) < 4.78 is 1.02. The number of hydrogen-bond acceptors (Lipinski definition) is 3. The van der Waals surface area contributed by atoms with Gasteiger partial charge in [0.05, 0.1) is 0 Å². The van der Waals surface area contributed by atoms with E-state index < -0.39 is 17.5 Å². The lowest BCUT2D eigenvalue weighted by molar-refractivity contribution is 0.119. The normalized spacial score (nSPS) is 12.9. The van der Waals surface area contributed by atoms with E-state index in [4.69, 9.17) is 5.11 Å². The Balaban J connectivity index is 3.32. The van der Waals surface area contributed by atoms with Gasteiger partial charge >= 0.3 is 5.69 Å². The summed E-state index contributed by atoms with van der Waals surface area (Å²) >= 11 is 0. The molecule has 0 aromatic carbocycles. The Morgan fingerprint density at radius 1 is 1.64 bits per heavy atom. The zero-order valence-electron chi connectivity index (χ0n) is 5.94. The minimum absolute atomic E-state index is 0.466. The minimum Gasteiger partial charge on any atom is -0.373 e. The van der Waals surface area contributed by atoms with Gasteiger partial charge in [-0.25, -0.2) is 4.79 Å². The molecule has 2 N–H and O–H groups in total. The molecule has 1 aromatic rings. The summed E-state index contributed by atoms with van der Waals surface area (Å²) in [5.41, 5.74) is -1.07. The van der Waals surface area contributed by atoms with Crippen LogP contribution in [0.3, 0.4) is 0 Å². The molecule has 1 aromatic heterocycles. The number of hydrogen-bond donors (Lipinski definition) is 2. The molecule has 60 valence electrons. The largest absolute Gasteiger partial charge is 0.373 e. The van der Waals surface area contributed by atoms with Crippen LogP contribution in [0.5, 0.6) is 0 Å². The first-order valence-corrected chi connectivity index (χ1v) is 3.11. The number of rotatable bonds is 1. The van der Waals surface area contributed by atoms with Gasteiger partial charge < -0.3 is 5.11 Å². The number of aromatic nitrogens is 2. The molecule has 0 saturated carbocycles. The van der Waals surface area contributed by atoms with Crippen molar-refractivity contribution in [3.8, 4) is 0 Å². The fourth-order valence-electron chi connectivity index (χ4n) is 0.722. The third kappa shape index (κ3) is 1.56. The molecule has 1 rings (SSSR count). The second-order valence-electron chi connectivity index (χ2n) is 2.15. The average Bonchev–Trinajstić information content (AvgIpc) is 1.85. The highest BCUT2D eigenvalue weighted by Crippen LogP contribution is 1.90. The van der Waals surface area contributed by atoms with E-state index in [1.165, 1.54) is 19.2 Å². The number of aliphatic hydroxyl groups is 1. The number of aromatic amines is 1. The molecule has 1 unspecified atom stereocenters. The molecular formula is C6H8N2O3. The van der Waals surface area contributed by atoms with E-state index in [1.807, 2.05) is 4.98 Å². The smallest absolute Gasteiger partial charge is 0.330 e. The van der Waals surface area contributed by atoms with E-state index in [1.54, 1.807) is 0 Å². The summed E-state index contributed by atoms with van der Waals surface area (Å²) in [6, 6.07) is 1.17. The average molecular weight is 156 g/mol. The van der Waals surface area contributed by atoms with Crippen LogP contribution in [0.4, 0.5) is 0 Å². The van der Waals surface area contributed by atoms with Gasteiger partial charge in [0.2, 0.25) is 0 Å². The van der Waals surface area contributed by atoms with Gasteiger partial charge in [-0.15, -0.1) is 0 Å². The first kappa shape index (κ1) is 7.74. The first-order valence-electron chi connectivity index (χ1n) is 3.11. The van der Waals surface area contributed by atoms with Crippen molar-refractivity contribution < 1.29 is 5.11 Å². The topological polar surface area (TPSA) is 75.1 Å². The second kappa shape index (κ2) is 2.71. The summed E-state index contributed by atoms with van der Waals surface area (Å²) in [5, 5.41) is 8.94. The molecule has 0 bridgehead atoms. The van der Waals surface area contributed by atoms with Crippen LogP contribution in [-0.4, -0.2) is 14.7 Å². The molecule has 5 nitrogen and oxygen atoms in total. The number of aliphatic hydroxyl groups excluding tert-OH is 1. The molecule has 0 aliphatic heterocycles. The molecule has 5 heteroatoms. The summed E-state index contributed by atoms with van der Waals surface area (Å²) in [6.07, 6.45) is 0.325. The maximum atomic E-state index is 10.8. The fraction of sp³-hybridized carbons (Fsp3) is 0.333. The van der Waals surface area contributed by atoms with Gasteiger partial charge in [0.1, 0.15) is 6.23 Å². The Morgan fingerprint density at radius 3 is 2.73 bits per heavy atom. The monoisotopic (exact) mass is 156 g/mol. The molecule has 0 saturated heterocycles. The van der Waals surface area contributed by atoms with Crippen molar-refractivity contribution in [2.24, 2.45) is 0 Å². The molecule has 0 aliphatic rings. The third-order valence-corrected chi connectivity index (χ3v) is 1.25. The standard InChI is InChI=1S/C6H8N2O3/c1-4(9)8-3-2-5(10)7-6(8)11/h2-4,9H,1H3,(H,7,10,11). The lowest BCUT2D eigenvalue weighted by Gasteiger charge is -2.05. The van der Waals surface area contributed by atoms with E-state index in [0.717, 1.165) is 4.57 Å². The lowest BCUT2D eigenvalue weighted by Crippen LogP contribution is -2.30. The SMILES string of the molecule is CC(O)n1ccc(=O)[nH]c1=O. The van der Waals surface area contributed by atoms with Gasteiger partial charge in [-0.05, 0) is 6.92 Å². The molecule has 11 heavy (non-hydrogen) atoms. The highest BCUT2D eigenvalue weighted by Gasteiger charge is 1.99. The summed E-state index contributed by atoms with van der Waals surface area (Å²) in [7, 11) is 0. The summed E-state index contributed by atoms with van der Waals surface area (Å²) in [6.45, 7) is 1.43. The maximum Gasteiger partial charge on any atom is 0.330 e. The van der Waals surface area contributed by atoms with E-state index in [0.29, 0.717) is 0 Å². The maximum absolute atomic E-state index is 10.8. The van der Waals surface area contributed by atoms with Crippen LogP contribution in [0.2, 0.25) is 0 Å². The molecule has 0 amide bonds. The van der Waals surface area contributed by atoms with Gasteiger partial charge in [0.15, 0.2) is 0 Å². The fourth-order valence-corrected chi connectivity index (χ4v) is 0.722. The van der Waals surface area contributed by atoms with Gasteiger partial charge in [-0.3, -0.25) is 14.3 Å². The van der Waals surface area contributed by atoms with Gasteiger partial charge in [-0.1, -0.05) is 0 Å². The Labute approximate surface area is 61.9 Å².